The first-order valence-electron chi connectivity index (χ1n) is 27.2. The summed E-state index contributed by atoms with van der Waals surface area (Å²) in [7, 11) is 0. The molecule has 1 unspecified atom stereocenters. The molecule has 0 heterocycles. The maximum atomic E-state index is 12.8. The fraction of sp³-hybridized carbons (Fsp3) is 0.712. The zero-order valence-electron chi connectivity index (χ0n) is 42.5. The predicted octanol–water partition coefficient (Wildman–Crippen LogP) is 18.0. The van der Waals surface area contributed by atoms with E-state index in [9.17, 15) is 14.4 Å². The third-order valence-electron chi connectivity index (χ3n) is 11.5. The van der Waals surface area contributed by atoms with Crippen molar-refractivity contribution in [1.29, 1.82) is 0 Å². The van der Waals surface area contributed by atoms with Crippen LogP contribution in [0, 0.1) is 0 Å². The average Bonchev–Trinajstić information content (AvgIpc) is 3.30. The van der Waals surface area contributed by atoms with Gasteiger partial charge in [0.1, 0.15) is 13.2 Å². The molecule has 0 amide bonds. The van der Waals surface area contributed by atoms with Crippen molar-refractivity contribution in [2.24, 2.45) is 0 Å². The molecule has 0 aliphatic carbocycles. The first kappa shape index (κ1) is 61.6. The van der Waals surface area contributed by atoms with E-state index in [-0.39, 0.29) is 44.0 Å². The summed E-state index contributed by atoms with van der Waals surface area (Å²) in [6.07, 6.45) is 68.7. The molecule has 1 atom stereocenters. The maximum Gasteiger partial charge on any atom is 0.306 e. The topological polar surface area (TPSA) is 78.9 Å². The van der Waals surface area contributed by atoms with Gasteiger partial charge in [-0.1, -0.05) is 260 Å². The predicted molar refractivity (Wildman–Crippen MR) is 279 cm³/mol. The molecule has 0 aromatic heterocycles. The van der Waals surface area contributed by atoms with Gasteiger partial charge < -0.3 is 14.2 Å². The van der Waals surface area contributed by atoms with E-state index in [0.29, 0.717) is 12.8 Å². The Morgan fingerprint density at radius 2 is 0.615 bits per heavy atom. The van der Waals surface area contributed by atoms with E-state index < -0.39 is 6.10 Å². The summed E-state index contributed by atoms with van der Waals surface area (Å²) >= 11 is 0. The van der Waals surface area contributed by atoms with E-state index >= 15 is 0 Å². The van der Waals surface area contributed by atoms with Crippen molar-refractivity contribution in [2.75, 3.05) is 13.2 Å². The summed E-state index contributed by atoms with van der Waals surface area (Å²) < 4.78 is 16.7. The minimum atomic E-state index is -0.818. The first-order valence-corrected chi connectivity index (χ1v) is 27.2. The second-order valence-electron chi connectivity index (χ2n) is 17.9. The highest BCUT2D eigenvalue weighted by atomic mass is 16.6. The summed E-state index contributed by atoms with van der Waals surface area (Å²) in [4.78, 5) is 38.0. The lowest BCUT2D eigenvalue weighted by molar-refractivity contribution is -0.167. The van der Waals surface area contributed by atoms with E-state index in [4.69, 9.17) is 14.2 Å². The largest absolute Gasteiger partial charge is 0.462 e. The molecule has 0 N–H and O–H groups in total. The maximum absolute atomic E-state index is 12.8. The summed E-state index contributed by atoms with van der Waals surface area (Å²) in [5, 5.41) is 0. The Morgan fingerprint density at radius 1 is 0.323 bits per heavy atom. The van der Waals surface area contributed by atoms with Gasteiger partial charge in [0.05, 0.1) is 0 Å². The van der Waals surface area contributed by atoms with Crippen LogP contribution in [0.2, 0.25) is 0 Å². The second kappa shape index (κ2) is 53.2. The Hall–Kier alpha value is -3.41. The van der Waals surface area contributed by atoms with Crippen LogP contribution in [0.4, 0.5) is 0 Å². The molecule has 0 spiro atoms. The monoisotopic (exact) mass is 905 g/mol. The van der Waals surface area contributed by atoms with Crippen molar-refractivity contribution in [2.45, 2.75) is 258 Å². The summed E-state index contributed by atoms with van der Waals surface area (Å²) in [6, 6.07) is 0. The number of rotatable bonds is 48. The number of allylic oxidation sites excluding steroid dienone is 14. The summed E-state index contributed by atoms with van der Waals surface area (Å²) in [6.45, 7) is 6.42. The Labute approximate surface area is 401 Å². The molecular formula is C59H100O6. The zero-order valence-corrected chi connectivity index (χ0v) is 42.5. The fourth-order valence-electron chi connectivity index (χ4n) is 7.46. The van der Waals surface area contributed by atoms with Crippen LogP contribution in [0.3, 0.4) is 0 Å². The molecule has 0 aromatic carbocycles. The average molecular weight is 905 g/mol. The highest BCUT2D eigenvalue weighted by molar-refractivity contribution is 5.71. The Morgan fingerprint density at radius 3 is 1.03 bits per heavy atom. The van der Waals surface area contributed by atoms with Crippen LogP contribution in [0.15, 0.2) is 85.1 Å². The highest BCUT2D eigenvalue weighted by Crippen LogP contribution is 2.16. The zero-order chi connectivity index (χ0) is 47.2. The molecule has 6 nitrogen and oxygen atoms in total. The van der Waals surface area contributed by atoms with Gasteiger partial charge >= 0.3 is 17.9 Å². The molecule has 0 rings (SSSR count). The van der Waals surface area contributed by atoms with Crippen molar-refractivity contribution in [3.8, 4) is 0 Å². The lowest BCUT2D eigenvalue weighted by Gasteiger charge is -2.18. The van der Waals surface area contributed by atoms with Crippen molar-refractivity contribution in [3.63, 3.8) is 0 Å². The quantitative estimate of drug-likeness (QED) is 0.0262. The molecule has 0 radical (unpaired) electrons. The number of hydrogen-bond donors (Lipinski definition) is 0. The van der Waals surface area contributed by atoms with E-state index in [0.717, 1.165) is 64.2 Å². The molecule has 6 heteroatoms. The normalized spacial score (nSPS) is 12.7. The minimum Gasteiger partial charge on any atom is -0.462 e. The molecule has 0 fully saturated rings. The lowest BCUT2D eigenvalue weighted by Crippen LogP contribution is -2.30. The Kier molecular flexibility index (Phi) is 50.4. The van der Waals surface area contributed by atoms with Crippen molar-refractivity contribution >= 4 is 17.9 Å². The van der Waals surface area contributed by atoms with Gasteiger partial charge in [-0.3, -0.25) is 14.4 Å². The van der Waals surface area contributed by atoms with Crippen LogP contribution in [0.1, 0.15) is 252 Å². The molecule has 0 aliphatic heterocycles. The highest BCUT2D eigenvalue weighted by Gasteiger charge is 2.19. The minimum absolute atomic E-state index is 0.108. The molecular weight excluding hydrogens is 805 g/mol. The van der Waals surface area contributed by atoms with E-state index in [1.807, 2.05) is 54.7 Å². The fourth-order valence-corrected chi connectivity index (χ4v) is 7.46. The van der Waals surface area contributed by atoms with Gasteiger partial charge in [-0.15, -0.1) is 0 Å². The van der Waals surface area contributed by atoms with Crippen LogP contribution in [0.25, 0.3) is 0 Å². The number of unbranched alkanes of at least 4 members (excludes halogenated alkanes) is 28. The first-order chi connectivity index (χ1) is 32.0. The molecule has 0 saturated carbocycles. The van der Waals surface area contributed by atoms with Gasteiger partial charge in [0.25, 0.3) is 0 Å². The molecule has 0 aliphatic rings. The van der Waals surface area contributed by atoms with Crippen molar-refractivity contribution < 1.29 is 28.6 Å². The number of carbonyl (C=O) groups is 3. The smallest absolute Gasteiger partial charge is 0.306 e. The standard InChI is InChI=1S/C59H100O6/c1-4-7-10-13-16-19-22-25-27-29-30-32-34-37-40-43-46-49-52-58(61)64-55-56(54-63-57(60)51-48-45-42-39-36-33-24-21-18-15-12-9-6-3)65-59(62)53-50-47-44-41-38-35-31-28-26-23-20-17-14-11-8-5-2/h9,12,15,18,21,24,28,31,33,35-36,38-39,42,56H,4-8,10-11,13-14,16-17,19-20,22-23,25-27,29-30,32,34,37,40-41,43-55H2,1-3H3/b12-9-,18-15-,24-21-,31-28-,36-33-,38-35-,42-39-. The van der Waals surface area contributed by atoms with Crippen LogP contribution in [-0.2, 0) is 28.6 Å². The van der Waals surface area contributed by atoms with Crippen LogP contribution < -0.4 is 0 Å². The van der Waals surface area contributed by atoms with E-state index in [1.165, 1.54) is 141 Å². The number of ether oxygens (including phenoxy) is 3. The van der Waals surface area contributed by atoms with Gasteiger partial charge in [0.2, 0.25) is 0 Å². The molecule has 0 bridgehead atoms. The number of esters is 3. The van der Waals surface area contributed by atoms with Gasteiger partial charge in [0.15, 0.2) is 6.10 Å². The van der Waals surface area contributed by atoms with E-state index in [1.54, 1.807) is 0 Å². The van der Waals surface area contributed by atoms with Crippen molar-refractivity contribution in [3.05, 3.63) is 85.1 Å². The Balaban J connectivity index is 4.47. The molecule has 0 saturated heterocycles. The van der Waals surface area contributed by atoms with Crippen LogP contribution >= 0.6 is 0 Å². The Bertz CT molecular complexity index is 1270. The molecule has 372 valence electrons. The summed E-state index contributed by atoms with van der Waals surface area (Å²) in [5.74, 6) is -1.01. The van der Waals surface area contributed by atoms with Gasteiger partial charge in [0, 0.05) is 19.3 Å². The molecule has 65 heavy (non-hydrogen) atoms. The second-order valence-corrected chi connectivity index (χ2v) is 17.9. The van der Waals surface area contributed by atoms with Crippen LogP contribution in [-0.4, -0.2) is 37.2 Å². The third-order valence-corrected chi connectivity index (χ3v) is 11.5. The SMILES string of the molecule is CC\C=C/C=C\C=C/C=C\C=C/CCCC(=O)OCC(COC(=O)CCCCCCCCCCCCCCCCCCCC)OC(=O)CCCCC/C=C\C=C/CCCCCCCCC. The van der Waals surface area contributed by atoms with Crippen molar-refractivity contribution in [1.82, 2.24) is 0 Å². The summed E-state index contributed by atoms with van der Waals surface area (Å²) in [5.41, 5.74) is 0. The van der Waals surface area contributed by atoms with Gasteiger partial charge in [-0.05, 0) is 57.8 Å². The van der Waals surface area contributed by atoms with Gasteiger partial charge in [-0.2, -0.15) is 0 Å². The van der Waals surface area contributed by atoms with Gasteiger partial charge in [-0.25, -0.2) is 0 Å². The lowest BCUT2D eigenvalue weighted by atomic mass is 10.0. The van der Waals surface area contributed by atoms with Crippen LogP contribution in [0.5, 0.6) is 0 Å². The van der Waals surface area contributed by atoms with E-state index in [2.05, 4.69) is 51.2 Å². The third kappa shape index (κ3) is 51.4. The molecule has 0 aromatic rings. The number of hydrogen-bond acceptors (Lipinski definition) is 6. The number of carbonyl (C=O) groups excluding carboxylic acids is 3.